The molecule has 1 aromatic carbocycles. The summed E-state index contributed by atoms with van der Waals surface area (Å²) in [5.74, 6) is -0.698. The highest BCUT2D eigenvalue weighted by molar-refractivity contribution is 9.10. The van der Waals surface area contributed by atoms with Gasteiger partial charge in [-0.1, -0.05) is 28.9 Å². The Morgan fingerprint density at radius 2 is 2.20 bits per heavy atom. The Kier molecular flexibility index (Phi) is 4.44. The first-order valence-corrected chi connectivity index (χ1v) is 7.00. The minimum Gasteiger partial charge on any atom is -0.479 e. The lowest BCUT2D eigenvalue weighted by molar-refractivity contribution is -0.139. The third-order valence-electron chi connectivity index (χ3n) is 2.87. The molecule has 0 aliphatic carbocycles. The monoisotopic (exact) mass is 338 g/mol. The molecular weight excluding hydrogens is 324 g/mol. The predicted molar refractivity (Wildman–Crippen MR) is 78.5 cm³/mol. The van der Waals surface area contributed by atoms with E-state index in [0.717, 1.165) is 27.8 Å². The van der Waals surface area contributed by atoms with Crippen molar-refractivity contribution in [1.29, 1.82) is 0 Å². The Morgan fingerprint density at radius 3 is 2.80 bits per heavy atom. The van der Waals surface area contributed by atoms with Crippen molar-refractivity contribution < 1.29 is 14.6 Å². The number of benzene rings is 1. The van der Waals surface area contributed by atoms with Gasteiger partial charge in [0.05, 0.1) is 5.69 Å². The molecule has 0 amide bonds. The number of carbonyl (C=O) groups is 1. The normalized spacial score (nSPS) is 10.6. The van der Waals surface area contributed by atoms with Gasteiger partial charge in [0.2, 0.25) is 5.88 Å². The van der Waals surface area contributed by atoms with Crippen LogP contribution in [0.5, 0.6) is 5.88 Å². The van der Waals surface area contributed by atoms with Crippen LogP contribution < -0.4 is 4.74 Å². The molecule has 5 nitrogen and oxygen atoms in total. The van der Waals surface area contributed by atoms with E-state index >= 15 is 0 Å². The number of hydrogen-bond acceptors (Lipinski definition) is 3. The first-order valence-electron chi connectivity index (χ1n) is 6.21. The molecule has 20 heavy (non-hydrogen) atoms. The van der Waals surface area contributed by atoms with E-state index in [1.807, 2.05) is 32.0 Å². The number of halogens is 1. The summed E-state index contributed by atoms with van der Waals surface area (Å²) in [6, 6.07) is 7.70. The number of hydrogen-bond donors (Lipinski definition) is 1. The highest BCUT2D eigenvalue weighted by atomic mass is 79.9. The number of ether oxygens (including phenoxy) is 1. The average Bonchev–Trinajstić information content (AvgIpc) is 2.83. The fraction of sp³-hybridized carbons (Fsp3) is 0.286. The zero-order chi connectivity index (χ0) is 14.7. The molecule has 0 bridgehead atoms. The van der Waals surface area contributed by atoms with Gasteiger partial charge in [0.1, 0.15) is 0 Å². The summed E-state index contributed by atoms with van der Waals surface area (Å²) in [5, 5.41) is 12.9. The zero-order valence-electron chi connectivity index (χ0n) is 11.3. The van der Waals surface area contributed by atoms with Crippen molar-refractivity contribution in [2.45, 2.75) is 20.3 Å². The number of aliphatic carboxylic acids is 1. The van der Waals surface area contributed by atoms with Gasteiger partial charge in [-0.3, -0.25) is 0 Å². The van der Waals surface area contributed by atoms with Gasteiger partial charge in [0.15, 0.2) is 6.61 Å². The van der Waals surface area contributed by atoms with Crippen LogP contribution >= 0.6 is 15.9 Å². The SMILES string of the molecule is CCc1cc(OCC(=O)O)nn1-c1ccc(C)c(Br)c1. The van der Waals surface area contributed by atoms with Crippen molar-refractivity contribution in [1.82, 2.24) is 9.78 Å². The summed E-state index contributed by atoms with van der Waals surface area (Å²) in [6.45, 7) is 3.63. The van der Waals surface area contributed by atoms with E-state index in [9.17, 15) is 4.79 Å². The molecule has 2 rings (SSSR count). The van der Waals surface area contributed by atoms with Crippen molar-refractivity contribution in [2.24, 2.45) is 0 Å². The fourth-order valence-corrected chi connectivity index (χ4v) is 2.16. The molecule has 6 heteroatoms. The second-order valence-corrected chi connectivity index (χ2v) is 5.21. The van der Waals surface area contributed by atoms with Crippen molar-refractivity contribution in [3.05, 3.63) is 40.0 Å². The number of aromatic nitrogens is 2. The van der Waals surface area contributed by atoms with Gasteiger partial charge >= 0.3 is 5.97 Å². The lowest BCUT2D eigenvalue weighted by atomic mass is 10.2. The predicted octanol–water partition coefficient (Wildman–Crippen LogP) is 2.97. The van der Waals surface area contributed by atoms with Crippen molar-refractivity contribution in [3.63, 3.8) is 0 Å². The van der Waals surface area contributed by atoms with Crippen LogP contribution in [-0.4, -0.2) is 27.5 Å². The van der Waals surface area contributed by atoms with E-state index in [1.165, 1.54) is 0 Å². The molecule has 0 aliphatic heterocycles. The van der Waals surface area contributed by atoms with Gasteiger partial charge in [0.25, 0.3) is 0 Å². The molecule has 1 aromatic heterocycles. The standard InChI is InChI=1S/C14H15BrN2O3/c1-3-10-7-13(20-8-14(18)19)16-17(10)11-5-4-9(2)12(15)6-11/h4-7H,3,8H2,1-2H3,(H,18,19). The van der Waals surface area contributed by atoms with Crippen LogP contribution in [0.4, 0.5) is 0 Å². The van der Waals surface area contributed by atoms with Crippen LogP contribution in [0.2, 0.25) is 0 Å². The molecule has 0 saturated carbocycles. The van der Waals surface area contributed by atoms with Gasteiger partial charge in [0, 0.05) is 16.2 Å². The fourth-order valence-electron chi connectivity index (χ4n) is 1.79. The first kappa shape index (κ1) is 14.6. The second-order valence-electron chi connectivity index (χ2n) is 4.36. The minimum atomic E-state index is -1.02. The van der Waals surface area contributed by atoms with E-state index in [1.54, 1.807) is 10.7 Å². The Balaban J connectivity index is 2.34. The number of carboxylic acids is 1. The molecule has 0 radical (unpaired) electrons. The Hall–Kier alpha value is -1.82. The third kappa shape index (κ3) is 3.19. The van der Waals surface area contributed by atoms with Crippen LogP contribution in [0.3, 0.4) is 0 Å². The second kappa shape index (κ2) is 6.09. The zero-order valence-corrected chi connectivity index (χ0v) is 12.8. The molecular formula is C14H15BrN2O3. The molecule has 0 unspecified atom stereocenters. The van der Waals surface area contributed by atoms with Crippen LogP contribution in [0.15, 0.2) is 28.7 Å². The van der Waals surface area contributed by atoms with Crippen LogP contribution in [0.25, 0.3) is 5.69 Å². The summed E-state index contributed by atoms with van der Waals surface area (Å²) in [5.41, 5.74) is 3.01. The van der Waals surface area contributed by atoms with Gasteiger partial charge in [-0.05, 0) is 31.0 Å². The molecule has 0 fully saturated rings. The molecule has 106 valence electrons. The number of aryl methyl sites for hydroxylation is 2. The van der Waals surface area contributed by atoms with Gasteiger partial charge in [-0.25, -0.2) is 9.48 Å². The van der Waals surface area contributed by atoms with Crippen LogP contribution in [-0.2, 0) is 11.2 Å². The molecule has 0 saturated heterocycles. The van der Waals surface area contributed by atoms with Gasteiger partial charge in [-0.2, -0.15) is 0 Å². The van der Waals surface area contributed by atoms with E-state index in [-0.39, 0.29) is 0 Å². The minimum absolute atomic E-state index is 0.320. The summed E-state index contributed by atoms with van der Waals surface area (Å²) in [7, 11) is 0. The Bertz CT molecular complexity index is 637. The van der Waals surface area contributed by atoms with Gasteiger partial charge < -0.3 is 9.84 Å². The van der Waals surface area contributed by atoms with Crippen molar-refractivity contribution >= 4 is 21.9 Å². The summed E-state index contributed by atoms with van der Waals surface area (Å²) in [6.07, 6.45) is 0.773. The molecule has 0 spiro atoms. The average molecular weight is 339 g/mol. The van der Waals surface area contributed by atoms with E-state index in [0.29, 0.717) is 5.88 Å². The highest BCUT2D eigenvalue weighted by Gasteiger charge is 2.11. The van der Waals surface area contributed by atoms with Crippen LogP contribution in [0.1, 0.15) is 18.2 Å². The van der Waals surface area contributed by atoms with Gasteiger partial charge in [-0.15, -0.1) is 5.10 Å². The van der Waals surface area contributed by atoms with E-state index in [2.05, 4.69) is 21.0 Å². The molecule has 1 heterocycles. The first-order chi connectivity index (χ1) is 9.51. The maximum Gasteiger partial charge on any atom is 0.341 e. The van der Waals surface area contributed by atoms with Crippen molar-refractivity contribution in [3.8, 4) is 11.6 Å². The number of nitrogens with zero attached hydrogens (tertiary/aromatic N) is 2. The number of rotatable bonds is 5. The molecule has 2 aromatic rings. The summed E-state index contributed by atoms with van der Waals surface area (Å²) in [4.78, 5) is 10.5. The smallest absolute Gasteiger partial charge is 0.341 e. The topological polar surface area (TPSA) is 64.3 Å². The summed E-state index contributed by atoms with van der Waals surface area (Å²) < 4.78 is 7.89. The van der Waals surface area contributed by atoms with E-state index in [4.69, 9.17) is 9.84 Å². The highest BCUT2D eigenvalue weighted by Crippen LogP contribution is 2.23. The van der Waals surface area contributed by atoms with E-state index < -0.39 is 12.6 Å². The number of carboxylic acid groups (broad SMARTS) is 1. The van der Waals surface area contributed by atoms with Crippen LogP contribution in [0, 0.1) is 6.92 Å². The maximum absolute atomic E-state index is 10.5. The molecule has 0 atom stereocenters. The maximum atomic E-state index is 10.5. The largest absolute Gasteiger partial charge is 0.479 e. The lowest BCUT2D eigenvalue weighted by Gasteiger charge is -2.07. The Morgan fingerprint density at radius 1 is 1.45 bits per heavy atom. The Labute approximate surface area is 125 Å². The summed E-state index contributed by atoms with van der Waals surface area (Å²) >= 11 is 3.50. The third-order valence-corrected chi connectivity index (χ3v) is 3.72. The van der Waals surface area contributed by atoms with Crippen molar-refractivity contribution in [2.75, 3.05) is 6.61 Å². The molecule has 0 aliphatic rings. The lowest BCUT2D eigenvalue weighted by Crippen LogP contribution is -2.10. The molecule has 1 N–H and O–H groups in total. The quantitative estimate of drug-likeness (QED) is 0.910.